The molecular weight excluding hydrogens is 483 g/mol. The molecule has 194 valence electrons. The van der Waals surface area contributed by atoms with E-state index in [0.29, 0.717) is 34.8 Å². The van der Waals surface area contributed by atoms with Gasteiger partial charge in [0.05, 0.1) is 12.1 Å². The van der Waals surface area contributed by atoms with Crippen LogP contribution < -0.4 is 15.5 Å². The fourth-order valence-corrected chi connectivity index (χ4v) is 4.59. The molecule has 0 bridgehead atoms. The zero-order valence-corrected chi connectivity index (χ0v) is 20.9. The molecule has 5 rings (SSSR count). The molecule has 1 fully saturated rings. The number of aliphatic hydroxyl groups is 1. The van der Waals surface area contributed by atoms with Gasteiger partial charge < -0.3 is 20.6 Å². The lowest BCUT2D eigenvalue weighted by molar-refractivity contribution is -0.111. The van der Waals surface area contributed by atoms with Gasteiger partial charge in [-0.25, -0.2) is 14.4 Å². The molecule has 8 nitrogen and oxygen atoms in total. The van der Waals surface area contributed by atoms with Crippen LogP contribution in [0.5, 0.6) is 0 Å². The van der Waals surface area contributed by atoms with Crippen molar-refractivity contribution < 1.29 is 14.3 Å². The van der Waals surface area contributed by atoms with Crippen molar-refractivity contribution in [3.63, 3.8) is 0 Å². The number of carbonyl (C=O) groups excluding carboxylic acids is 1. The molecule has 4 aromatic rings. The number of aromatic nitrogens is 2. The number of β-amino-alcohol motifs (C(OH)–C–C–N with tert-alkyl or cyclic N) is 1. The third kappa shape index (κ3) is 5.64. The summed E-state index contributed by atoms with van der Waals surface area (Å²) in [5.74, 6) is -0.397. The molecule has 1 aliphatic rings. The van der Waals surface area contributed by atoms with Crippen LogP contribution in [0.3, 0.4) is 0 Å². The van der Waals surface area contributed by atoms with Crippen molar-refractivity contribution in [3.8, 4) is 11.1 Å². The molecular formula is C29H29FN6O2. The Morgan fingerprint density at radius 1 is 1.03 bits per heavy atom. The van der Waals surface area contributed by atoms with Crippen molar-refractivity contribution in [2.75, 3.05) is 54.9 Å². The van der Waals surface area contributed by atoms with E-state index in [1.165, 1.54) is 12.1 Å². The molecule has 1 aliphatic heterocycles. The summed E-state index contributed by atoms with van der Waals surface area (Å²) >= 11 is 0. The van der Waals surface area contributed by atoms with Crippen molar-refractivity contribution in [1.82, 2.24) is 14.9 Å². The Labute approximate surface area is 220 Å². The van der Waals surface area contributed by atoms with Gasteiger partial charge in [-0.1, -0.05) is 24.8 Å². The Balaban J connectivity index is 1.37. The average Bonchev–Trinajstić information content (AvgIpc) is 2.95. The number of anilines is 4. The average molecular weight is 513 g/mol. The Bertz CT molecular complexity index is 1450. The van der Waals surface area contributed by atoms with E-state index < -0.39 is 5.82 Å². The van der Waals surface area contributed by atoms with Crippen LogP contribution >= 0.6 is 0 Å². The molecule has 0 saturated carbocycles. The molecule has 38 heavy (non-hydrogen) atoms. The van der Waals surface area contributed by atoms with Crippen molar-refractivity contribution in [3.05, 3.63) is 85.3 Å². The number of amides is 1. The third-order valence-corrected chi connectivity index (χ3v) is 6.60. The lowest BCUT2D eigenvalue weighted by Crippen LogP contribution is -2.47. The Hall–Kier alpha value is -4.34. The summed E-state index contributed by atoms with van der Waals surface area (Å²) in [6.45, 7) is 8.05. The molecule has 0 aliphatic carbocycles. The van der Waals surface area contributed by atoms with Gasteiger partial charge in [-0.05, 0) is 48.5 Å². The second-order valence-corrected chi connectivity index (χ2v) is 9.05. The van der Waals surface area contributed by atoms with Crippen molar-refractivity contribution in [2.24, 2.45) is 0 Å². The summed E-state index contributed by atoms with van der Waals surface area (Å²) in [5.41, 5.74) is 3.95. The van der Waals surface area contributed by atoms with E-state index in [4.69, 9.17) is 10.1 Å². The molecule has 0 spiro atoms. The quantitative estimate of drug-likeness (QED) is 0.301. The predicted molar refractivity (Wildman–Crippen MR) is 149 cm³/mol. The first-order valence-electron chi connectivity index (χ1n) is 12.5. The van der Waals surface area contributed by atoms with E-state index in [-0.39, 0.29) is 12.5 Å². The number of rotatable bonds is 8. The number of para-hydroxylation sites is 1. The molecule has 1 amide bonds. The first kappa shape index (κ1) is 25.3. The number of fused-ring (bicyclic) bond motifs is 1. The minimum absolute atomic E-state index is 0.188. The largest absolute Gasteiger partial charge is 0.395 e. The number of carbonyl (C=O) groups is 1. The SMILES string of the molecule is C=CC(=O)Nc1ccc(F)c(-c2cccc3cnc(Nc4ccc(N5CCN(CCO)CC5)cc4)nc23)c1. The zero-order chi connectivity index (χ0) is 26.5. The van der Waals surface area contributed by atoms with E-state index in [1.54, 1.807) is 18.3 Å². The van der Waals surface area contributed by atoms with E-state index in [9.17, 15) is 9.18 Å². The molecule has 0 atom stereocenters. The minimum Gasteiger partial charge on any atom is -0.395 e. The van der Waals surface area contributed by atoms with Gasteiger partial charge in [0.25, 0.3) is 0 Å². The molecule has 0 radical (unpaired) electrons. The highest BCUT2D eigenvalue weighted by atomic mass is 19.1. The lowest BCUT2D eigenvalue weighted by Gasteiger charge is -2.35. The zero-order valence-electron chi connectivity index (χ0n) is 20.9. The number of piperazine rings is 1. The maximum absolute atomic E-state index is 14.9. The van der Waals surface area contributed by atoms with E-state index in [0.717, 1.165) is 49.0 Å². The smallest absolute Gasteiger partial charge is 0.247 e. The summed E-state index contributed by atoms with van der Waals surface area (Å²) in [6.07, 6.45) is 2.87. The van der Waals surface area contributed by atoms with Crippen molar-refractivity contribution in [1.29, 1.82) is 0 Å². The Morgan fingerprint density at radius 3 is 2.53 bits per heavy atom. The molecule has 2 heterocycles. The first-order valence-corrected chi connectivity index (χ1v) is 12.5. The number of nitrogens with zero attached hydrogens (tertiary/aromatic N) is 4. The van der Waals surface area contributed by atoms with Crippen LogP contribution in [-0.4, -0.2) is 65.2 Å². The van der Waals surface area contributed by atoms with Crippen LogP contribution in [-0.2, 0) is 4.79 Å². The number of nitrogens with one attached hydrogen (secondary N) is 2. The highest BCUT2D eigenvalue weighted by Crippen LogP contribution is 2.32. The van der Waals surface area contributed by atoms with Gasteiger partial charge in [-0.15, -0.1) is 0 Å². The molecule has 9 heteroatoms. The van der Waals surface area contributed by atoms with Gasteiger partial charge in [0.2, 0.25) is 11.9 Å². The summed E-state index contributed by atoms with van der Waals surface area (Å²) in [6, 6.07) is 18.0. The molecule has 1 aromatic heterocycles. The van der Waals surface area contributed by atoms with Crippen molar-refractivity contribution in [2.45, 2.75) is 0 Å². The fraction of sp³-hybridized carbons (Fsp3) is 0.207. The van der Waals surface area contributed by atoms with Gasteiger partial charge in [0.15, 0.2) is 0 Å². The second-order valence-electron chi connectivity index (χ2n) is 9.05. The monoisotopic (exact) mass is 512 g/mol. The molecule has 3 aromatic carbocycles. The van der Waals surface area contributed by atoms with E-state index in [1.807, 2.05) is 24.3 Å². The molecule has 0 unspecified atom stereocenters. The van der Waals surface area contributed by atoms with Crippen LogP contribution in [0.15, 0.2) is 79.5 Å². The van der Waals surface area contributed by atoms with Gasteiger partial charge in [-0.2, -0.15) is 0 Å². The number of hydrogen-bond donors (Lipinski definition) is 3. The van der Waals surface area contributed by atoms with Crippen LogP contribution in [0.4, 0.5) is 27.4 Å². The lowest BCUT2D eigenvalue weighted by atomic mass is 10.0. The topological polar surface area (TPSA) is 93.6 Å². The number of aliphatic hydroxyl groups excluding tert-OH is 1. The normalized spacial score (nSPS) is 13.9. The Kier molecular flexibility index (Phi) is 7.57. The predicted octanol–water partition coefficient (Wildman–Crippen LogP) is 4.42. The second kappa shape index (κ2) is 11.4. The summed E-state index contributed by atoms with van der Waals surface area (Å²) in [7, 11) is 0. The van der Waals surface area contributed by atoms with E-state index in [2.05, 4.69) is 44.1 Å². The summed E-state index contributed by atoms with van der Waals surface area (Å²) < 4.78 is 14.9. The maximum Gasteiger partial charge on any atom is 0.247 e. The number of benzene rings is 3. The van der Waals surface area contributed by atoms with Crippen LogP contribution in [0.1, 0.15) is 0 Å². The Morgan fingerprint density at radius 2 is 1.79 bits per heavy atom. The summed E-state index contributed by atoms with van der Waals surface area (Å²) in [4.78, 5) is 25.5. The highest BCUT2D eigenvalue weighted by molar-refractivity contribution is 6.00. The highest BCUT2D eigenvalue weighted by Gasteiger charge is 2.17. The first-order chi connectivity index (χ1) is 18.5. The van der Waals surface area contributed by atoms with Gasteiger partial charge in [-0.3, -0.25) is 9.69 Å². The van der Waals surface area contributed by atoms with Crippen LogP contribution in [0, 0.1) is 5.82 Å². The number of halogens is 1. The molecule has 1 saturated heterocycles. The van der Waals surface area contributed by atoms with Gasteiger partial charge in [0.1, 0.15) is 5.82 Å². The third-order valence-electron chi connectivity index (χ3n) is 6.60. The van der Waals surface area contributed by atoms with E-state index >= 15 is 0 Å². The summed E-state index contributed by atoms with van der Waals surface area (Å²) in [5, 5.41) is 15.8. The fourth-order valence-electron chi connectivity index (χ4n) is 4.59. The molecule has 3 N–H and O–H groups in total. The van der Waals surface area contributed by atoms with Crippen LogP contribution in [0.25, 0.3) is 22.0 Å². The van der Waals surface area contributed by atoms with Gasteiger partial charge >= 0.3 is 0 Å². The van der Waals surface area contributed by atoms with Crippen molar-refractivity contribution >= 4 is 39.8 Å². The van der Waals surface area contributed by atoms with Crippen LogP contribution in [0.2, 0.25) is 0 Å². The number of hydrogen-bond acceptors (Lipinski definition) is 7. The maximum atomic E-state index is 14.9. The minimum atomic E-state index is -0.421. The standard InChI is InChI=1S/C29H29FN6O2/c1-2-27(38)32-22-8-11-26(30)25(18-22)24-5-3-4-20-19-31-29(34-28(20)24)33-21-6-9-23(10-7-21)36-14-12-35(13-15-36)16-17-37/h2-11,18-19,37H,1,12-17H2,(H,32,38)(H,31,33,34). The van der Waals surface area contributed by atoms with Gasteiger partial charge in [0, 0.05) is 72.5 Å².